The van der Waals surface area contributed by atoms with Crippen LogP contribution in [0.4, 0.5) is 0 Å². The van der Waals surface area contributed by atoms with Crippen molar-refractivity contribution >= 4 is 11.6 Å². The number of aryl methyl sites for hydroxylation is 2. The molecular formula is C28H37ClN3O. The molecule has 0 saturated heterocycles. The summed E-state index contributed by atoms with van der Waals surface area (Å²) in [5.74, 6) is 1.35. The van der Waals surface area contributed by atoms with Gasteiger partial charge in [-0.1, -0.05) is 99.3 Å². The van der Waals surface area contributed by atoms with Gasteiger partial charge in [0, 0.05) is 23.0 Å². The summed E-state index contributed by atoms with van der Waals surface area (Å²) in [4.78, 5) is 4.57. The highest BCUT2D eigenvalue weighted by Gasteiger charge is 2.11. The first kappa shape index (κ1) is 25.5. The summed E-state index contributed by atoms with van der Waals surface area (Å²) in [5, 5.41) is 4.90. The van der Waals surface area contributed by atoms with Gasteiger partial charge in [0.1, 0.15) is 0 Å². The molecule has 5 heteroatoms. The van der Waals surface area contributed by atoms with Gasteiger partial charge >= 0.3 is 0 Å². The van der Waals surface area contributed by atoms with Gasteiger partial charge in [-0.3, -0.25) is 0 Å². The number of unbranched alkanes of at least 4 members (excludes halogenated alkanes) is 8. The molecule has 1 heterocycles. The van der Waals surface area contributed by atoms with E-state index in [4.69, 9.17) is 21.9 Å². The van der Waals surface area contributed by atoms with Gasteiger partial charge in [0.05, 0.1) is 0 Å². The molecule has 177 valence electrons. The first-order chi connectivity index (χ1) is 16.2. The molecule has 2 aromatic carbocycles. The highest BCUT2D eigenvalue weighted by Crippen LogP contribution is 2.24. The molecule has 33 heavy (non-hydrogen) atoms. The monoisotopic (exact) mass is 466 g/mol. The van der Waals surface area contributed by atoms with Gasteiger partial charge in [0.2, 0.25) is 0 Å². The second-order valence-electron chi connectivity index (χ2n) is 8.94. The maximum absolute atomic E-state index is 8.48. The molecule has 3 rings (SSSR count). The van der Waals surface area contributed by atoms with E-state index in [2.05, 4.69) is 23.1 Å². The Kier molecular flexibility index (Phi) is 10.9. The Bertz CT molecular complexity index is 938. The molecular weight excluding hydrogens is 430 g/mol. The molecule has 1 unspecified atom stereocenters. The maximum Gasteiger partial charge on any atom is 0.257 e. The van der Waals surface area contributed by atoms with Gasteiger partial charge in [0.15, 0.2) is 5.82 Å². The van der Waals surface area contributed by atoms with Gasteiger partial charge in [-0.25, -0.2) is 5.73 Å². The van der Waals surface area contributed by atoms with Gasteiger partial charge in [-0.05, 0) is 54.7 Å². The Hall–Kier alpha value is -2.17. The quantitative estimate of drug-likeness (QED) is 0.211. The van der Waals surface area contributed by atoms with Gasteiger partial charge < -0.3 is 4.52 Å². The minimum absolute atomic E-state index is 0.275. The predicted octanol–water partition coefficient (Wildman–Crippen LogP) is 8.42. The number of benzene rings is 2. The zero-order valence-corrected chi connectivity index (χ0v) is 20.6. The van der Waals surface area contributed by atoms with Crippen molar-refractivity contribution in [3.8, 4) is 11.5 Å². The minimum atomic E-state index is -0.275. The Labute approximate surface area is 203 Å². The molecule has 0 spiro atoms. The zero-order valence-electron chi connectivity index (χ0n) is 19.9. The topological polar surface area (TPSA) is 62.7 Å². The van der Waals surface area contributed by atoms with Crippen LogP contribution in [0.3, 0.4) is 0 Å². The summed E-state index contributed by atoms with van der Waals surface area (Å²) < 4.78 is 5.48. The molecule has 0 aliphatic rings. The van der Waals surface area contributed by atoms with E-state index < -0.39 is 0 Å². The summed E-state index contributed by atoms with van der Waals surface area (Å²) >= 11 is 6.06. The van der Waals surface area contributed by atoms with E-state index in [1.807, 2.05) is 42.5 Å². The lowest BCUT2D eigenvalue weighted by Crippen LogP contribution is -2.01. The van der Waals surface area contributed by atoms with Crippen LogP contribution in [0.5, 0.6) is 0 Å². The number of hydrogen-bond donors (Lipinski definition) is 0. The minimum Gasteiger partial charge on any atom is -0.334 e. The normalized spacial score (nSPS) is 12.2. The van der Waals surface area contributed by atoms with Crippen molar-refractivity contribution in [1.29, 1.82) is 0 Å². The zero-order chi connectivity index (χ0) is 23.3. The Morgan fingerprint density at radius 1 is 0.879 bits per heavy atom. The Morgan fingerprint density at radius 2 is 1.58 bits per heavy atom. The summed E-state index contributed by atoms with van der Waals surface area (Å²) in [5.41, 5.74) is 11.5. The molecule has 0 aliphatic heterocycles. The van der Waals surface area contributed by atoms with E-state index >= 15 is 0 Å². The number of nitrogens with zero attached hydrogens (tertiary/aromatic N) is 2. The number of nitrogens with one attached hydrogen (secondary N) is 1. The van der Waals surface area contributed by atoms with Crippen LogP contribution in [0.1, 0.15) is 94.1 Å². The highest BCUT2D eigenvalue weighted by atomic mass is 35.5. The van der Waals surface area contributed by atoms with Crippen molar-refractivity contribution < 1.29 is 4.52 Å². The lowest BCUT2D eigenvalue weighted by molar-refractivity contribution is 0.421. The molecule has 1 atom stereocenters. The number of halogens is 1. The van der Waals surface area contributed by atoms with Crippen molar-refractivity contribution in [2.24, 2.45) is 0 Å². The van der Waals surface area contributed by atoms with Crippen LogP contribution < -0.4 is 5.73 Å². The molecule has 0 bridgehead atoms. The second kappa shape index (κ2) is 14.2. The first-order valence-electron chi connectivity index (χ1n) is 12.5. The molecule has 0 amide bonds. The summed E-state index contributed by atoms with van der Waals surface area (Å²) in [6.45, 7) is 2.26. The molecule has 3 aromatic rings. The predicted molar refractivity (Wildman–Crippen MR) is 136 cm³/mol. The third-order valence-electron chi connectivity index (χ3n) is 6.14. The fourth-order valence-corrected chi connectivity index (χ4v) is 4.31. The van der Waals surface area contributed by atoms with Crippen LogP contribution in [-0.2, 0) is 12.8 Å². The van der Waals surface area contributed by atoms with E-state index in [9.17, 15) is 0 Å². The number of rotatable bonds is 15. The molecule has 0 fully saturated rings. The largest absolute Gasteiger partial charge is 0.334 e. The van der Waals surface area contributed by atoms with Crippen LogP contribution >= 0.6 is 11.6 Å². The van der Waals surface area contributed by atoms with Crippen molar-refractivity contribution in [3.63, 3.8) is 0 Å². The first-order valence-corrected chi connectivity index (χ1v) is 12.9. The van der Waals surface area contributed by atoms with E-state index in [-0.39, 0.29) is 6.04 Å². The van der Waals surface area contributed by atoms with Crippen LogP contribution in [0, 0.1) is 0 Å². The molecule has 4 nitrogen and oxygen atoms in total. The van der Waals surface area contributed by atoms with E-state index in [0.717, 1.165) is 47.7 Å². The molecule has 0 aliphatic carbocycles. The molecule has 0 saturated carbocycles. The lowest BCUT2D eigenvalue weighted by atomic mass is 9.99. The van der Waals surface area contributed by atoms with Gasteiger partial charge in [-0.15, -0.1) is 0 Å². The fourth-order valence-electron chi connectivity index (χ4n) is 4.09. The van der Waals surface area contributed by atoms with Crippen molar-refractivity contribution in [2.75, 3.05) is 0 Å². The molecule has 1 radical (unpaired) electrons. The second-order valence-corrected chi connectivity index (χ2v) is 9.37. The Morgan fingerprint density at radius 3 is 2.27 bits per heavy atom. The number of aromatic nitrogens is 2. The molecule has 1 aromatic heterocycles. The van der Waals surface area contributed by atoms with Crippen molar-refractivity contribution in [2.45, 2.75) is 90.0 Å². The van der Waals surface area contributed by atoms with Crippen LogP contribution in [-0.4, -0.2) is 10.1 Å². The lowest BCUT2D eigenvalue weighted by Gasteiger charge is -2.11. The van der Waals surface area contributed by atoms with Crippen molar-refractivity contribution in [1.82, 2.24) is 15.9 Å². The summed E-state index contributed by atoms with van der Waals surface area (Å²) in [6.07, 6.45) is 14.2. The van der Waals surface area contributed by atoms with E-state index in [1.54, 1.807) is 0 Å². The third kappa shape index (κ3) is 8.94. The van der Waals surface area contributed by atoms with Gasteiger partial charge in [-0.2, -0.15) is 4.98 Å². The van der Waals surface area contributed by atoms with Crippen LogP contribution in [0.15, 0.2) is 53.1 Å². The molecule has 1 N–H and O–H groups in total. The summed E-state index contributed by atoms with van der Waals surface area (Å²) in [7, 11) is 0. The smallest absolute Gasteiger partial charge is 0.257 e. The maximum atomic E-state index is 8.48. The average molecular weight is 467 g/mol. The van der Waals surface area contributed by atoms with Gasteiger partial charge in [0.25, 0.3) is 5.89 Å². The Balaban J connectivity index is 1.39. The summed E-state index contributed by atoms with van der Waals surface area (Å²) in [6, 6.07) is 15.5. The number of hydrogen-bond acceptors (Lipinski definition) is 3. The standard InChI is InChI=1S/C28H37ClN3O/c1-2-3-4-5-6-7-8-9-10-14-27-31-28(33-32-27)24-18-16-23(17-19-24)26(30)20-15-22-12-11-13-25(29)21-22/h11-13,16-19,21,26,30H,2-10,14-15,20H2,1H3. The average Bonchev–Trinajstić information content (AvgIpc) is 3.30. The third-order valence-corrected chi connectivity index (χ3v) is 6.38. The van der Waals surface area contributed by atoms with E-state index in [1.165, 1.54) is 56.9 Å². The van der Waals surface area contributed by atoms with Crippen LogP contribution in [0.2, 0.25) is 5.02 Å². The SMILES string of the molecule is CCCCCCCCCCCc1noc(-c2ccc(C([NH])CCc3cccc(Cl)c3)cc2)n1. The van der Waals surface area contributed by atoms with E-state index in [0.29, 0.717) is 5.89 Å². The highest BCUT2D eigenvalue weighted by molar-refractivity contribution is 6.30. The van der Waals surface area contributed by atoms with Crippen LogP contribution in [0.25, 0.3) is 11.5 Å². The fraction of sp³-hybridized carbons (Fsp3) is 0.500. The van der Waals surface area contributed by atoms with Crippen molar-refractivity contribution in [3.05, 3.63) is 70.5 Å².